The summed E-state index contributed by atoms with van der Waals surface area (Å²) in [5.41, 5.74) is 0.395. The van der Waals surface area contributed by atoms with Gasteiger partial charge >= 0.3 is 0 Å². The van der Waals surface area contributed by atoms with Gasteiger partial charge in [-0.3, -0.25) is 4.79 Å². The van der Waals surface area contributed by atoms with E-state index in [1.807, 2.05) is 0 Å². The van der Waals surface area contributed by atoms with Gasteiger partial charge in [0.1, 0.15) is 0 Å². The highest BCUT2D eigenvalue weighted by Crippen LogP contribution is 2.23. The molecule has 2 rings (SSSR count). The molecule has 1 amide bonds. The largest absolute Gasteiger partial charge is 0.337 e. The monoisotopic (exact) mass is 315 g/mol. The van der Waals surface area contributed by atoms with Crippen LogP contribution in [0.3, 0.4) is 0 Å². The van der Waals surface area contributed by atoms with E-state index in [2.05, 4.69) is 6.92 Å². The fourth-order valence-corrected chi connectivity index (χ4v) is 3.21. The molecule has 1 aliphatic rings. The van der Waals surface area contributed by atoms with E-state index in [0.717, 1.165) is 12.7 Å². The first kappa shape index (κ1) is 15.3. The first-order valence-corrected chi connectivity index (χ1v) is 8.85. The molecule has 1 aromatic carbocycles. The van der Waals surface area contributed by atoms with Crippen molar-refractivity contribution >= 4 is 27.3 Å². The zero-order valence-corrected chi connectivity index (χ0v) is 13.1. The normalized spacial score (nSPS) is 23.6. The number of rotatable bonds is 2. The Labute approximate surface area is 124 Å². The molecule has 4 nitrogen and oxygen atoms in total. The fourth-order valence-electron chi connectivity index (χ4n) is 2.25. The summed E-state index contributed by atoms with van der Waals surface area (Å²) < 4.78 is 23.1. The summed E-state index contributed by atoms with van der Waals surface area (Å²) in [6.45, 7) is 3.24. The van der Waals surface area contributed by atoms with Crippen LogP contribution in [0.1, 0.15) is 23.7 Å². The zero-order chi connectivity index (χ0) is 14.9. The number of hydrogen-bond donors (Lipinski definition) is 0. The van der Waals surface area contributed by atoms with Crippen molar-refractivity contribution in [2.24, 2.45) is 5.92 Å². The lowest BCUT2D eigenvalue weighted by molar-refractivity contribution is 0.0701. The van der Waals surface area contributed by atoms with Crippen molar-refractivity contribution in [1.82, 2.24) is 4.90 Å². The maximum atomic E-state index is 12.4. The van der Waals surface area contributed by atoms with Crippen molar-refractivity contribution in [3.63, 3.8) is 0 Å². The number of likely N-dealkylation sites (tertiary alicyclic amines) is 1. The van der Waals surface area contributed by atoms with E-state index >= 15 is 0 Å². The van der Waals surface area contributed by atoms with Gasteiger partial charge in [-0.05, 0) is 30.5 Å². The summed E-state index contributed by atoms with van der Waals surface area (Å²) >= 11 is 6.21. The topological polar surface area (TPSA) is 54.5 Å². The molecule has 1 saturated heterocycles. The van der Waals surface area contributed by atoms with Gasteiger partial charge in [0.2, 0.25) is 0 Å². The van der Waals surface area contributed by atoms with Crippen LogP contribution in [-0.4, -0.2) is 43.9 Å². The molecule has 110 valence electrons. The molecule has 0 radical (unpaired) electrons. The van der Waals surface area contributed by atoms with E-state index in [4.69, 9.17) is 11.6 Å². The molecule has 2 atom stereocenters. The molecule has 2 unspecified atom stereocenters. The molecule has 0 bridgehead atoms. The smallest absolute Gasteiger partial charge is 0.253 e. The van der Waals surface area contributed by atoms with Gasteiger partial charge in [0, 0.05) is 24.9 Å². The van der Waals surface area contributed by atoms with E-state index in [1.54, 1.807) is 17.0 Å². The van der Waals surface area contributed by atoms with E-state index in [9.17, 15) is 13.2 Å². The summed E-state index contributed by atoms with van der Waals surface area (Å²) in [4.78, 5) is 14.3. The zero-order valence-electron chi connectivity index (χ0n) is 11.5. The van der Waals surface area contributed by atoms with Gasteiger partial charge in [0.25, 0.3) is 5.91 Å². The first-order valence-electron chi connectivity index (χ1n) is 6.52. The Balaban J connectivity index is 2.22. The minimum atomic E-state index is -3.31. The summed E-state index contributed by atoms with van der Waals surface area (Å²) in [5, 5.41) is -0.0502. The number of carbonyl (C=O) groups excluding carboxylic acids is 1. The van der Waals surface area contributed by atoms with Gasteiger partial charge in [0.15, 0.2) is 9.84 Å². The molecule has 0 spiro atoms. The fraction of sp³-hybridized carbons (Fsp3) is 0.500. The summed E-state index contributed by atoms with van der Waals surface area (Å²) in [6, 6.07) is 6.15. The molecule has 1 heterocycles. The number of halogens is 1. The van der Waals surface area contributed by atoms with E-state index < -0.39 is 9.84 Å². The highest BCUT2D eigenvalue weighted by Gasteiger charge is 2.28. The Morgan fingerprint density at radius 3 is 2.70 bits per heavy atom. The van der Waals surface area contributed by atoms with E-state index in [0.29, 0.717) is 24.6 Å². The van der Waals surface area contributed by atoms with Gasteiger partial charge in [0.05, 0.1) is 10.3 Å². The molecule has 0 N–H and O–H groups in total. The number of sulfone groups is 1. The highest BCUT2D eigenvalue weighted by atomic mass is 35.5. The van der Waals surface area contributed by atoms with Crippen molar-refractivity contribution in [2.75, 3.05) is 19.3 Å². The van der Waals surface area contributed by atoms with E-state index in [1.165, 1.54) is 12.1 Å². The maximum absolute atomic E-state index is 12.4. The number of amides is 1. The average Bonchev–Trinajstić information content (AvgIpc) is 2.40. The molecule has 1 aliphatic heterocycles. The maximum Gasteiger partial charge on any atom is 0.253 e. The Bertz CT molecular complexity index is 615. The molecular weight excluding hydrogens is 298 g/mol. The Morgan fingerprint density at radius 1 is 1.40 bits per heavy atom. The second-order valence-electron chi connectivity index (χ2n) is 5.33. The van der Waals surface area contributed by atoms with Crippen LogP contribution in [-0.2, 0) is 9.84 Å². The van der Waals surface area contributed by atoms with Crippen LogP contribution >= 0.6 is 11.6 Å². The lowest BCUT2D eigenvalue weighted by atomic mass is 9.98. The van der Waals surface area contributed by atoms with Crippen LogP contribution in [0.5, 0.6) is 0 Å². The third kappa shape index (κ3) is 3.33. The van der Waals surface area contributed by atoms with Crippen LogP contribution in [0.4, 0.5) is 0 Å². The van der Waals surface area contributed by atoms with Gasteiger partial charge < -0.3 is 4.90 Å². The lowest BCUT2D eigenvalue weighted by Crippen LogP contribution is -2.43. The quantitative estimate of drug-likeness (QED) is 0.786. The predicted octanol–water partition coefficient (Wildman–Crippen LogP) is 2.18. The molecule has 0 aromatic heterocycles. The standard InChI is InChI=1S/C14H18ClNO3S/c1-10-6-7-16(9-13(10)15)14(17)11-4-3-5-12(8-11)20(2,18)19/h3-5,8,10,13H,6-7,9H2,1-2H3. The second-order valence-corrected chi connectivity index (χ2v) is 7.91. The number of piperidine rings is 1. The first-order chi connectivity index (χ1) is 9.29. The van der Waals surface area contributed by atoms with Gasteiger partial charge in [-0.25, -0.2) is 8.42 Å². The number of carbonyl (C=O) groups is 1. The highest BCUT2D eigenvalue weighted by molar-refractivity contribution is 7.90. The Kier molecular flexibility index (Phi) is 4.39. The molecule has 1 aromatic rings. The summed E-state index contributed by atoms with van der Waals surface area (Å²) in [6.07, 6.45) is 2.00. The minimum absolute atomic E-state index is 0.0502. The van der Waals surface area contributed by atoms with Crippen LogP contribution in [0.25, 0.3) is 0 Å². The summed E-state index contributed by atoms with van der Waals surface area (Å²) in [5.74, 6) is 0.233. The molecule has 0 saturated carbocycles. The molecule has 6 heteroatoms. The number of alkyl halides is 1. The Hall–Kier alpha value is -1.07. The number of nitrogens with zero attached hydrogens (tertiary/aromatic N) is 1. The molecule has 0 aliphatic carbocycles. The summed E-state index contributed by atoms with van der Waals surface area (Å²) in [7, 11) is -3.31. The molecule has 20 heavy (non-hydrogen) atoms. The van der Waals surface area contributed by atoms with Crippen LogP contribution in [0.2, 0.25) is 0 Å². The average molecular weight is 316 g/mol. The van der Waals surface area contributed by atoms with E-state index in [-0.39, 0.29) is 16.2 Å². The SMILES string of the molecule is CC1CCN(C(=O)c2cccc(S(C)(=O)=O)c2)CC1Cl. The third-order valence-corrected chi connectivity index (χ3v) is 5.34. The van der Waals surface area contributed by atoms with Crippen molar-refractivity contribution in [1.29, 1.82) is 0 Å². The molecule has 1 fully saturated rings. The second kappa shape index (κ2) is 5.74. The van der Waals surface area contributed by atoms with Gasteiger partial charge in [-0.1, -0.05) is 13.0 Å². The molecular formula is C14H18ClNO3S. The predicted molar refractivity (Wildman–Crippen MR) is 78.9 cm³/mol. The number of hydrogen-bond acceptors (Lipinski definition) is 3. The van der Waals surface area contributed by atoms with Gasteiger partial charge in [-0.2, -0.15) is 0 Å². The Morgan fingerprint density at radius 2 is 2.10 bits per heavy atom. The lowest BCUT2D eigenvalue weighted by Gasteiger charge is -2.34. The van der Waals surface area contributed by atoms with Crippen LogP contribution in [0, 0.1) is 5.92 Å². The number of benzene rings is 1. The van der Waals surface area contributed by atoms with Crippen molar-refractivity contribution in [3.05, 3.63) is 29.8 Å². The minimum Gasteiger partial charge on any atom is -0.337 e. The third-order valence-electron chi connectivity index (χ3n) is 3.66. The van der Waals surface area contributed by atoms with Crippen molar-refractivity contribution < 1.29 is 13.2 Å². The van der Waals surface area contributed by atoms with Crippen molar-refractivity contribution in [3.8, 4) is 0 Å². The van der Waals surface area contributed by atoms with Crippen molar-refractivity contribution in [2.45, 2.75) is 23.6 Å². The van der Waals surface area contributed by atoms with Crippen LogP contribution in [0.15, 0.2) is 29.2 Å². The van der Waals surface area contributed by atoms with Gasteiger partial charge in [-0.15, -0.1) is 11.6 Å². The van der Waals surface area contributed by atoms with Crippen LogP contribution < -0.4 is 0 Å².